The predicted molar refractivity (Wildman–Crippen MR) is 94.6 cm³/mol. The molecule has 0 radical (unpaired) electrons. The molecule has 6 heteroatoms. The van der Waals surface area contributed by atoms with E-state index in [4.69, 9.17) is 4.74 Å². The van der Waals surface area contributed by atoms with Crippen molar-refractivity contribution in [3.63, 3.8) is 0 Å². The summed E-state index contributed by atoms with van der Waals surface area (Å²) >= 11 is 0. The number of esters is 1. The number of carbonyl (C=O) groups excluding carboxylic acids is 2. The van der Waals surface area contributed by atoms with E-state index in [1.54, 1.807) is 9.58 Å². The molecule has 1 aliphatic rings. The number of ether oxygens (including phenoxy) is 1. The largest absolute Gasteiger partial charge is 0.462 e. The molecule has 1 aromatic carbocycles. The van der Waals surface area contributed by atoms with Crippen molar-refractivity contribution < 1.29 is 14.3 Å². The summed E-state index contributed by atoms with van der Waals surface area (Å²) in [7, 11) is 0. The van der Waals surface area contributed by atoms with E-state index in [9.17, 15) is 9.59 Å². The molecule has 6 nitrogen and oxygen atoms in total. The van der Waals surface area contributed by atoms with Crippen LogP contribution in [0.15, 0.2) is 30.3 Å². The fourth-order valence-corrected chi connectivity index (χ4v) is 3.32. The minimum Gasteiger partial charge on any atom is -0.462 e. The smallest absolute Gasteiger partial charge is 0.341 e. The molecular weight excluding hydrogens is 318 g/mol. The van der Waals surface area contributed by atoms with Crippen molar-refractivity contribution in [1.29, 1.82) is 0 Å². The van der Waals surface area contributed by atoms with Gasteiger partial charge in [-0.15, -0.1) is 0 Å². The van der Waals surface area contributed by atoms with Gasteiger partial charge in [0.1, 0.15) is 5.56 Å². The molecule has 0 N–H and O–H groups in total. The van der Waals surface area contributed by atoms with Crippen molar-refractivity contribution in [3.8, 4) is 0 Å². The van der Waals surface area contributed by atoms with E-state index in [2.05, 4.69) is 5.10 Å². The van der Waals surface area contributed by atoms with Crippen molar-refractivity contribution in [2.75, 3.05) is 18.1 Å². The second-order valence-electron chi connectivity index (χ2n) is 6.37. The van der Waals surface area contributed by atoms with Gasteiger partial charge in [0.05, 0.1) is 18.0 Å². The lowest BCUT2D eigenvalue weighted by Crippen LogP contribution is -2.25. The molecule has 1 aliphatic heterocycles. The van der Waals surface area contributed by atoms with Crippen LogP contribution in [-0.4, -0.2) is 34.8 Å². The molecular formula is C19H23N3O3. The summed E-state index contributed by atoms with van der Waals surface area (Å²) in [5.41, 5.74) is 2.92. The lowest BCUT2D eigenvalue weighted by atomic mass is 10.1. The maximum Gasteiger partial charge on any atom is 0.341 e. The average Bonchev–Trinajstić information content (AvgIpc) is 3.12. The van der Waals surface area contributed by atoms with Crippen LogP contribution >= 0.6 is 0 Å². The van der Waals surface area contributed by atoms with Gasteiger partial charge in [-0.3, -0.25) is 9.48 Å². The zero-order chi connectivity index (χ0) is 18.0. The molecule has 0 aliphatic carbocycles. The van der Waals surface area contributed by atoms with Crippen LogP contribution in [0.2, 0.25) is 0 Å². The summed E-state index contributed by atoms with van der Waals surface area (Å²) in [5.74, 6) is -0.280. The third-order valence-electron chi connectivity index (χ3n) is 4.61. The van der Waals surface area contributed by atoms with Crippen LogP contribution in [0.5, 0.6) is 0 Å². The molecule has 1 fully saturated rings. The molecule has 0 saturated carbocycles. The third kappa shape index (κ3) is 3.43. The fourth-order valence-electron chi connectivity index (χ4n) is 3.32. The van der Waals surface area contributed by atoms with Gasteiger partial charge in [-0.25, -0.2) is 4.79 Å². The molecule has 0 spiro atoms. The number of benzene rings is 1. The molecule has 25 heavy (non-hydrogen) atoms. The van der Waals surface area contributed by atoms with Crippen molar-refractivity contribution in [1.82, 2.24) is 9.78 Å². The second-order valence-corrected chi connectivity index (χ2v) is 6.37. The Kier molecular flexibility index (Phi) is 4.88. The normalized spacial score (nSPS) is 17.2. The zero-order valence-electron chi connectivity index (χ0n) is 14.9. The van der Waals surface area contributed by atoms with E-state index in [0.717, 1.165) is 11.4 Å². The number of aromatic nitrogens is 2. The highest BCUT2D eigenvalue weighted by Gasteiger charge is 2.32. The number of anilines is 1. The molecule has 1 amide bonds. The van der Waals surface area contributed by atoms with Gasteiger partial charge in [-0.1, -0.05) is 18.2 Å². The Morgan fingerprint density at radius 1 is 1.28 bits per heavy atom. The fraction of sp³-hybridized carbons (Fsp3) is 0.421. The first kappa shape index (κ1) is 17.2. The first-order valence-electron chi connectivity index (χ1n) is 8.57. The van der Waals surface area contributed by atoms with Crippen LogP contribution < -0.4 is 4.90 Å². The van der Waals surface area contributed by atoms with Gasteiger partial charge in [0.25, 0.3) is 0 Å². The van der Waals surface area contributed by atoms with E-state index >= 15 is 0 Å². The summed E-state index contributed by atoms with van der Waals surface area (Å²) in [5, 5.41) is 4.35. The van der Waals surface area contributed by atoms with Crippen LogP contribution in [-0.2, 0) is 16.1 Å². The van der Waals surface area contributed by atoms with Gasteiger partial charge < -0.3 is 9.64 Å². The van der Waals surface area contributed by atoms with E-state index in [0.29, 0.717) is 30.8 Å². The first-order chi connectivity index (χ1) is 12.0. The molecule has 0 bridgehead atoms. The number of carbonyl (C=O) groups is 2. The SMILES string of the molecule is CCn1nc(C)c(C(=O)OC[C@@H]2CC(=O)N(c3ccccc3)C2)c1C. The van der Waals surface area contributed by atoms with Gasteiger partial charge in [-0.2, -0.15) is 5.10 Å². The third-order valence-corrected chi connectivity index (χ3v) is 4.61. The molecule has 1 aromatic heterocycles. The van der Waals surface area contributed by atoms with Crippen molar-refractivity contribution in [2.24, 2.45) is 5.92 Å². The number of rotatable bonds is 5. The molecule has 1 saturated heterocycles. The number of hydrogen-bond donors (Lipinski definition) is 0. The average molecular weight is 341 g/mol. The Morgan fingerprint density at radius 2 is 2.00 bits per heavy atom. The Morgan fingerprint density at radius 3 is 2.64 bits per heavy atom. The standard InChI is InChI=1S/C19H23N3O3/c1-4-22-14(3)18(13(2)20-22)19(24)25-12-15-10-17(23)21(11-15)16-8-6-5-7-9-16/h5-9,15H,4,10-12H2,1-3H3/t15-/m1/s1. The van der Waals surface area contributed by atoms with Crippen molar-refractivity contribution in [3.05, 3.63) is 47.3 Å². The first-order valence-corrected chi connectivity index (χ1v) is 8.57. The van der Waals surface area contributed by atoms with Crippen LogP contribution in [0, 0.1) is 19.8 Å². The summed E-state index contributed by atoms with van der Waals surface area (Å²) in [6.45, 7) is 7.19. The second kappa shape index (κ2) is 7.09. The highest BCUT2D eigenvalue weighted by Crippen LogP contribution is 2.25. The molecule has 2 aromatic rings. The number of aryl methyl sites for hydroxylation is 2. The lowest BCUT2D eigenvalue weighted by Gasteiger charge is -2.16. The lowest BCUT2D eigenvalue weighted by molar-refractivity contribution is -0.117. The zero-order valence-corrected chi connectivity index (χ0v) is 14.9. The van der Waals surface area contributed by atoms with Crippen molar-refractivity contribution >= 4 is 17.6 Å². The van der Waals surface area contributed by atoms with Crippen LogP contribution in [0.1, 0.15) is 35.1 Å². The van der Waals surface area contributed by atoms with E-state index in [1.165, 1.54) is 0 Å². The highest BCUT2D eigenvalue weighted by atomic mass is 16.5. The Balaban J connectivity index is 1.62. The predicted octanol–water partition coefficient (Wildman–Crippen LogP) is 2.73. The van der Waals surface area contributed by atoms with Crippen LogP contribution in [0.25, 0.3) is 0 Å². The number of hydrogen-bond acceptors (Lipinski definition) is 4. The van der Waals surface area contributed by atoms with Crippen molar-refractivity contribution in [2.45, 2.75) is 33.7 Å². The van der Waals surface area contributed by atoms with Gasteiger partial charge in [0, 0.05) is 31.1 Å². The highest BCUT2D eigenvalue weighted by molar-refractivity contribution is 5.96. The number of amides is 1. The molecule has 3 rings (SSSR count). The molecule has 0 unspecified atom stereocenters. The Labute approximate surface area is 147 Å². The summed E-state index contributed by atoms with van der Waals surface area (Å²) in [6, 6.07) is 9.57. The summed E-state index contributed by atoms with van der Waals surface area (Å²) in [6.07, 6.45) is 0.397. The van der Waals surface area contributed by atoms with Gasteiger partial charge >= 0.3 is 5.97 Å². The maximum absolute atomic E-state index is 12.4. The van der Waals surface area contributed by atoms with Gasteiger partial charge in [-0.05, 0) is 32.9 Å². The van der Waals surface area contributed by atoms with E-state index in [1.807, 2.05) is 51.1 Å². The minimum absolute atomic E-state index is 0.0125. The number of para-hydroxylation sites is 1. The summed E-state index contributed by atoms with van der Waals surface area (Å²) in [4.78, 5) is 26.4. The molecule has 132 valence electrons. The maximum atomic E-state index is 12.4. The van der Waals surface area contributed by atoms with Crippen LogP contribution in [0.4, 0.5) is 5.69 Å². The monoisotopic (exact) mass is 341 g/mol. The summed E-state index contributed by atoms with van der Waals surface area (Å²) < 4.78 is 7.29. The van der Waals surface area contributed by atoms with Gasteiger partial charge in [0.2, 0.25) is 5.91 Å². The van der Waals surface area contributed by atoms with E-state index < -0.39 is 0 Å². The number of nitrogens with zero attached hydrogens (tertiary/aromatic N) is 3. The quantitative estimate of drug-likeness (QED) is 0.785. The Hall–Kier alpha value is -2.63. The molecule has 2 heterocycles. The minimum atomic E-state index is -0.361. The van der Waals surface area contributed by atoms with Gasteiger partial charge in [0.15, 0.2) is 0 Å². The molecule has 1 atom stereocenters. The Bertz CT molecular complexity index is 783. The van der Waals surface area contributed by atoms with Crippen LogP contribution in [0.3, 0.4) is 0 Å². The van der Waals surface area contributed by atoms with E-state index in [-0.39, 0.29) is 24.4 Å². The topological polar surface area (TPSA) is 64.4 Å².